The Morgan fingerprint density at radius 1 is 0.567 bits per heavy atom. The molecule has 3 rings (SSSR count). The Morgan fingerprint density at radius 2 is 0.933 bits per heavy atom. The third kappa shape index (κ3) is 4.13. The molecule has 8 heteroatoms. The minimum absolute atomic E-state index is 0.0539. The minimum atomic E-state index is -4.63. The predicted molar refractivity (Wildman–Crippen MR) is 96.7 cm³/mol. The van der Waals surface area contributed by atoms with Crippen molar-refractivity contribution in [2.24, 2.45) is 0 Å². The van der Waals surface area contributed by atoms with Crippen LogP contribution in [-0.4, -0.2) is 0 Å². The van der Waals surface area contributed by atoms with Crippen molar-refractivity contribution in [1.82, 2.24) is 0 Å². The molecule has 0 radical (unpaired) electrons. The highest BCUT2D eigenvalue weighted by Gasteiger charge is 2.32. The first-order chi connectivity index (χ1) is 14.0. The van der Waals surface area contributed by atoms with Gasteiger partial charge in [0.15, 0.2) is 0 Å². The first kappa shape index (κ1) is 20.9. The lowest BCUT2D eigenvalue weighted by atomic mass is 9.89. The van der Waals surface area contributed by atoms with Crippen molar-refractivity contribution >= 4 is 0 Å². The number of rotatable bonds is 2. The number of halogens is 6. The van der Waals surface area contributed by atoms with Crippen molar-refractivity contribution in [2.75, 3.05) is 0 Å². The molecule has 0 heterocycles. The molecule has 0 fully saturated rings. The zero-order chi connectivity index (χ0) is 22.1. The molecule has 150 valence electrons. The van der Waals surface area contributed by atoms with Crippen molar-refractivity contribution < 1.29 is 26.3 Å². The summed E-state index contributed by atoms with van der Waals surface area (Å²) in [5.74, 6) is 0. The highest BCUT2D eigenvalue weighted by molar-refractivity contribution is 5.86. The van der Waals surface area contributed by atoms with Gasteiger partial charge in [-0.1, -0.05) is 24.3 Å². The van der Waals surface area contributed by atoms with Gasteiger partial charge in [-0.05, 0) is 58.7 Å². The summed E-state index contributed by atoms with van der Waals surface area (Å²) in [5, 5.41) is 18.6. The molecule has 0 atom stereocenters. The molecule has 0 amide bonds. The van der Waals surface area contributed by atoms with Crippen LogP contribution in [0.4, 0.5) is 26.3 Å². The average Bonchev–Trinajstić information content (AvgIpc) is 2.71. The molecular formula is C22H10F6N2. The summed E-state index contributed by atoms with van der Waals surface area (Å²) < 4.78 is 78.8. The lowest BCUT2D eigenvalue weighted by molar-refractivity contribution is -0.138. The van der Waals surface area contributed by atoms with Crippen LogP contribution in [0.3, 0.4) is 0 Å². The second-order valence-electron chi connectivity index (χ2n) is 6.32. The molecule has 0 bridgehead atoms. The van der Waals surface area contributed by atoms with Gasteiger partial charge in [-0.2, -0.15) is 36.9 Å². The van der Waals surface area contributed by atoms with Crippen LogP contribution in [0.1, 0.15) is 22.3 Å². The van der Waals surface area contributed by atoms with Gasteiger partial charge in [-0.25, -0.2) is 0 Å². The van der Waals surface area contributed by atoms with Gasteiger partial charge in [0.25, 0.3) is 0 Å². The molecule has 0 aliphatic rings. The largest absolute Gasteiger partial charge is 0.416 e. The predicted octanol–water partition coefficient (Wildman–Crippen LogP) is 6.80. The maximum atomic E-state index is 13.1. The highest BCUT2D eigenvalue weighted by atomic mass is 19.4. The van der Waals surface area contributed by atoms with Gasteiger partial charge < -0.3 is 0 Å². The third-order valence-corrected chi connectivity index (χ3v) is 4.40. The van der Waals surface area contributed by atoms with Crippen LogP contribution in [0, 0.1) is 22.7 Å². The Morgan fingerprint density at radius 3 is 1.23 bits per heavy atom. The van der Waals surface area contributed by atoms with Crippen LogP contribution in [0.2, 0.25) is 0 Å². The minimum Gasteiger partial charge on any atom is -0.192 e. The fourth-order valence-electron chi connectivity index (χ4n) is 2.99. The smallest absolute Gasteiger partial charge is 0.192 e. The van der Waals surface area contributed by atoms with E-state index in [0.717, 1.165) is 24.3 Å². The van der Waals surface area contributed by atoms with E-state index in [-0.39, 0.29) is 33.4 Å². The number of benzene rings is 3. The van der Waals surface area contributed by atoms with Gasteiger partial charge in [-0.3, -0.25) is 0 Å². The van der Waals surface area contributed by atoms with Gasteiger partial charge in [0, 0.05) is 0 Å². The molecule has 0 saturated heterocycles. The lowest BCUT2D eigenvalue weighted by Gasteiger charge is -2.15. The maximum Gasteiger partial charge on any atom is 0.416 e. The van der Waals surface area contributed by atoms with E-state index in [2.05, 4.69) is 0 Å². The molecule has 0 spiro atoms. The van der Waals surface area contributed by atoms with E-state index in [1.807, 2.05) is 0 Å². The Bertz CT molecular complexity index is 1100. The van der Waals surface area contributed by atoms with E-state index < -0.39 is 23.5 Å². The molecule has 0 unspecified atom stereocenters. The second-order valence-corrected chi connectivity index (χ2v) is 6.32. The fraction of sp³-hybridized carbons (Fsp3) is 0.0909. The Kier molecular flexibility index (Phi) is 5.28. The van der Waals surface area contributed by atoms with Gasteiger partial charge in [-0.15, -0.1) is 0 Å². The van der Waals surface area contributed by atoms with E-state index in [0.29, 0.717) is 0 Å². The van der Waals surface area contributed by atoms with Gasteiger partial charge in [0.2, 0.25) is 0 Å². The molecule has 0 aromatic heterocycles. The van der Waals surface area contributed by atoms with Crippen LogP contribution >= 0.6 is 0 Å². The van der Waals surface area contributed by atoms with E-state index in [9.17, 15) is 36.9 Å². The molecule has 3 aromatic rings. The molecule has 0 aliphatic heterocycles. The highest BCUT2D eigenvalue weighted by Crippen LogP contribution is 2.39. The SMILES string of the molecule is N#Cc1cc(-c2cccc(C(F)(F)F)c2)c(-c2cccc(C(F)(F)F)c2)cc1C#N. The van der Waals surface area contributed by atoms with Gasteiger partial charge in [0.05, 0.1) is 22.3 Å². The number of alkyl halides is 6. The topological polar surface area (TPSA) is 47.6 Å². The van der Waals surface area contributed by atoms with Crippen LogP contribution in [0.15, 0.2) is 60.7 Å². The lowest BCUT2D eigenvalue weighted by Crippen LogP contribution is -2.05. The Balaban J connectivity index is 2.32. The first-order valence-electron chi connectivity index (χ1n) is 8.38. The van der Waals surface area contributed by atoms with Gasteiger partial charge >= 0.3 is 12.4 Å². The zero-order valence-corrected chi connectivity index (χ0v) is 14.9. The monoisotopic (exact) mass is 416 g/mol. The molecule has 3 aromatic carbocycles. The Hall–Kier alpha value is -3.78. The summed E-state index contributed by atoms with van der Waals surface area (Å²) in [6.45, 7) is 0. The normalized spacial score (nSPS) is 11.6. The van der Waals surface area contributed by atoms with Crippen molar-refractivity contribution in [1.29, 1.82) is 10.5 Å². The van der Waals surface area contributed by atoms with E-state index in [1.54, 1.807) is 12.1 Å². The molecule has 2 nitrogen and oxygen atoms in total. The summed E-state index contributed by atoms with van der Waals surface area (Å²) in [7, 11) is 0. The van der Waals surface area contributed by atoms with E-state index in [1.165, 1.54) is 36.4 Å². The molecular weight excluding hydrogens is 406 g/mol. The van der Waals surface area contributed by atoms with Gasteiger partial charge in [0.1, 0.15) is 12.1 Å². The summed E-state index contributed by atoms with van der Waals surface area (Å²) in [5.41, 5.74) is -1.76. The number of hydrogen-bond acceptors (Lipinski definition) is 2. The second kappa shape index (κ2) is 7.57. The van der Waals surface area contributed by atoms with E-state index in [4.69, 9.17) is 0 Å². The number of nitriles is 2. The summed E-state index contributed by atoms with van der Waals surface area (Å²) in [4.78, 5) is 0. The van der Waals surface area contributed by atoms with Crippen LogP contribution in [-0.2, 0) is 12.4 Å². The van der Waals surface area contributed by atoms with Crippen molar-refractivity contribution in [3.8, 4) is 34.4 Å². The number of hydrogen-bond donors (Lipinski definition) is 0. The Labute approximate surface area is 167 Å². The van der Waals surface area contributed by atoms with Crippen LogP contribution in [0.25, 0.3) is 22.3 Å². The van der Waals surface area contributed by atoms with E-state index >= 15 is 0 Å². The fourth-order valence-corrected chi connectivity index (χ4v) is 2.99. The first-order valence-corrected chi connectivity index (χ1v) is 8.38. The molecule has 30 heavy (non-hydrogen) atoms. The standard InChI is InChI=1S/C22H10F6N2/c23-21(24,25)17-5-1-3-13(7-17)19-9-15(11-29)16(12-30)10-20(19)14-4-2-6-18(8-14)22(26,27)28/h1-10H. The van der Waals surface area contributed by atoms with Crippen LogP contribution in [0.5, 0.6) is 0 Å². The number of nitrogens with zero attached hydrogens (tertiary/aromatic N) is 2. The third-order valence-electron chi connectivity index (χ3n) is 4.40. The van der Waals surface area contributed by atoms with Crippen LogP contribution < -0.4 is 0 Å². The average molecular weight is 416 g/mol. The molecule has 0 saturated carbocycles. The summed E-state index contributed by atoms with van der Waals surface area (Å²) in [6, 6.07) is 14.5. The summed E-state index contributed by atoms with van der Waals surface area (Å²) >= 11 is 0. The molecule has 0 N–H and O–H groups in total. The maximum absolute atomic E-state index is 13.1. The zero-order valence-electron chi connectivity index (χ0n) is 14.9. The quantitative estimate of drug-likeness (QED) is 0.431. The summed E-state index contributed by atoms with van der Waals surface area (Å²) in [6.07, 6.45) is -9.26. The van der Waals surface area contributed by atoms with Crippen molar-refractivity contribution in [2.45, 2.75) is 12.4 Å². The molecule has 0 aliphatic carbocycles. The van der Waals surface area contributed by atoms with Crippen molar-refractivity contribution in [3.63, 3.8) is 0 Å². The van der Waals surface area contributed by atoms with Crippen molar-refractivity contribution in [3.05, 3.63) is 82.9 Å².